The zero-order valence-electron chi connectivity index (χ0n) is 22.9. The SMILES string of the molecule is [CH2][C@H](C)[C@@H]1OC(C)(C)O[C@H]([C@@H](C)CO[Si](c2ccccc2)(c2ccccc2)C(C)(C)C)[C@@H]1C.[Cl-].[Zn]. The monoisotopic (exact) mass is 566 g/mol. The topological polar surface area (TPSA) is 27.7 Å². The van der Waals surface area contributed by atoms with Crippen molar-refractivity contribution in [2.75, 3.05) is 6.61 Å². The van der Waals surface area contributed by atoms with Crippen molar-refractivity contribution in [2.45, 2.75) is 78.4 Å². The van der Waals surface area contributed by atoms with Crippen molar-refractivity contribution < 1.29 is 45.8 Å². The van der Waals surface area contributed by atoms with Crippen LogP contribution in [0.3, 0.4) is 0 Å². The van der Waals surface area contributed by atoms with Crippen LogP contribution in [0.5, 0.6) is 0 Å². The van der Waals surface area contributed by atoms with E-state index in [4.69, 9.17) is 13.9 Å². The van der Waals surface area contributed by atoms with Gasteiger partial charge < -0.3 is 26.3 Å². The molecule has 2 aromatic rings. The van der Waals surface area contributed by atoms with E-state index < -0.39 is 14.1 Å². The second kappa shape index (κ2) is 12.8. The molecule has 191 valence electrons. The molecule has 3 nitrogen and oxygen atoms in total. The Hall–Kier alpha value is -0.550. The molecule has 5 atom stereocenters. The molecule has 0 amide bonds. The maximum atomic E-state index is 7.20. The van der Waals surface area contributed by atoms with Gasteiger partial charge in [-0.25, -0.2) is 0 Å². The number of benzene rings is 2. The van der Waals surface area contributed by atoms with E-state index in [0.717, 1.165) is 0 Å². The van der Waals surface area contributed by atoms with Gasteiger partial charge in [-0.2, -0.15) is 0 Å². The largest absolute Gasteiger partial charge is 1.00 e. The van der Waals surface area contributed by atoms with Crippen LogP contribution in [-0.2, 0) is 33.4 Å². The van der Waals surface area contributed by atoms with Crippen LogP contribution >= 0.6 is 0 Å². The molecule has 35 heavy (non-hydrogen) atoms. The number of halogens is 1. The normalized spacial score (nSPS) is 23.2. The predicted molar refractivity (Wildman–Crippen MR) is 140 cm³/mol. The van der Waals surface area contributed by atoms with Crippen LogP contribution in [0.25, 0.3) is 0 Å². The van der Waals surface area contributed by atoms with Crippen molar-refractivity contribution in [1.82, 2.24) is 0 Å². The summed E-state index contributed by atoms with van der Waals surface area (Å²) in [5.41, 5.74) is 0. The first-order valence-electron chi connectivity index (χ1n) is 12.3. The molecule has 0 aromatic heterocycles. The van der Waals surface area contributed by atoms with Crippen LogP contribution in [0.4, 0.5) is 0 Å². The first-order valence-corrected chi connectivity index (χ1v) is 14.2. The summed E-state index contributed by atoms with van der Waals surface area (Å²) in [6, 6.07) is 21.7. The van der Waals surface area contributed by atoms with Crippen molar-refractivity contribution in [3.8, 4) is 0 Å². The maximum Gasteiger partial charge on any atom is 0.261 e. The predicted octanol–water partition coefficient (Wildman–Crippen LogP) is 2.83. The molecule has 0 spiro atoms. The minimum atomic E-state index is -2.57. The molecule has 2 aromatic carbocycles. The first kappa shape index (κ1) is 32.5. The molecule has 3 rings (SSSR count). The summed E-state index contributed by atoms with van der Waals surface area (Å²) in [5, 5.41) is 2.57. The summed E-state index contributed by atoms with van der Waals surface area (Å²) in [7, 11) is -2.57. The molecule has 1 heterocycles. The van der Waals surface area contributed by atoms with Gasteiger partial charge in [0.2, 0.25) is 0 Å². The first-order chi connectivity index (χ1) is 15.4. The molecule has 0 unspecified atom stereocenters. The van der Waals surface area contributed by atoms with Crippen molar-refractivity contribution >= 4 is 18.7 Å². The summed E-state index contributed by atoms with van der Waals surface area (Å²) in [5.74, 6) is 0.0178. The van der Waals surface area contributed by atoms with Gasteiger partial charge in [-0.05, 0) is 42.1 Å². The molecule has 0 saturated carbocycles. The van der Waals surface area contributed by atoms with Crippen LogP contribution in [0.2, 0.25) is 5.04 Å². The molecule has 0 bridgehead atoms. The van der Waals surface area contributed by atoms with Crippen LogP contribution in [0, 0.1) is 24.7 Å². The van der Waals surface area contributed by atoms with E-state index in [1.54, 1.807) is 0 Å². The van der Waals surface area contributed by atoms with Crippen molar-refractivity contribution in [1.29, 1.82) is 0 Å². The third-order valence-corrected chi connectivity index (χ3v) is 12.0. The minimum Gasteiger partial charge on any atom is -1.00 e. The summed E-state index contributed by atoms with van der Waals surface area (Å²) in [6.07, 6.45) is 0.107. The van der Waals surface area contributed by atoms with Crippen LogP contribution < -0.4 is 22.8 Å². The molecule has 1 fully saturated rings. The molecule has 6 heteroatoms. The smallest absolute Gasteiger partial charge is 0.261 e. The van der Waals surface area contributed by atoms with E-state index in [0.29, 0.717) is 6.61 Å². The number of hydrogen-bond acceptors (Lipinski definition) is 3. The standard InChI is InChI=1S/C29H43O3Si.ClH.Zn/c1-21(2)26-23(4)27(32-29(8,9)31-26)22(3)20-30-33(28(5,6)7,24-16-12-10-13-17-24)25-18-14-11-15-19-25;;/h10-19,21-23,26-27H,1,20H2,2-9H3;1H;/p-1/t21-,22+,23-,26+,27-;;/m1../s1. The van der Waals surface area contributed by atoms with Gasteiger partial charge in [0.05, 0.1) is 12.2 Å². The van der Waals surface area contributed by atoms with E-state index >= 15 is 0 Å². The number of ether oxygens (including phenoxy) is 2. The van der Waals surface area contributed by atoms with Gasteiger partial charge in [-0.1, -0.05) is 102 Å². The van der Waals surface area contributed by atoms with Crippen LogP contribution in [-0.4, -0.2) is 32.9 Å². The molecule has 1 radical (unpaired) electrons. The summed E-state index contributed by atoms with van der Waals surface area (Å²) in [6.45, 7) is 22.5. The van der Waals surface area contributed by atoms with Gasteiger partial charge in [-0.3, -0.25) is 0 Å². The molecule has 1 aliphatic heterocycles. The van der Waals surface area contributed by atoms with Crippen molar-refractivity contribution in [2.24, 2.45) is 17.8 Å². The van der Waals surface area contributed by atoms with Gasteiger partial charge in [0.25, 0.3) is 8.32 Å². The third-order valence-electron chi connectivity index (χ3n) is 6.98. The van der Waals surface area contributed by atoms with Gasteiger partial charge in [0.1, 0.15) is 0 Å². The van der Waals surface area contributed by atoms with E-state index in [1.807, 2.05) is 13.8 Å². The Balaban J connectivity index is 0.00000306. The average molecular weight is 569 g/mol. The maximum absolute atomic E-state index is 7.20. The van der Waals surface area contributed by atoms with E-state index in [9.17, 15) is 0 Å². The quantitative estimate of drug-likeness (QED) is 0.481. The molecule has 0 N–H and O–H groups in total. The van der Waals surface area contributed by atoms with Crippen LogP contribution in [0.15, 0.2) is 60.7 Å². The Morgan fingerprint density at radius 2 is 1.34 bits per heavy atom. The fourth-order valence-corrected chi connectivity index (χ4v) is 10.1. The zero-order chi connectivity index (χ0) is 24.4. The average Bonchev–Trinajstić information content (AvgIpc) is 2.75. The van der Waals surface area contributed by atoms with E-state index in [-0.39, 0.29) is 66.9 Å². The molecule has 0 aliphatic carbocycles. The van der Waals surface area contributed by atoms with Gasteiger partial charge >= 0.3 is 0 Å². The summed E-state index contributed by atoms with van der Waals surface area (Å²) < 4.78 is 19.9. The van der Waals surface area contributed by atoms with Crippen LogP contribution in [0.1, 0.15) is 55.4 Å². The number of hydrogen-bond donors (Lipinski definition) is 0. The Morgan fingerprint density at radius 1 is 0.914 bits per heavy atom. The second-order valence-corrected chi connectivity index (χ2v) is 15.7. The fourth-order valence-electron chi connectivity index (χ4n) is 5.47. The third kappa shape index (κ3) is 7.06. The van der Waals surface area contributed by atoms with E-state index in [1.165, 1.54) is 10.4 Å². The minimum absolute atomic E-state index is 0. The Labute approximate surface area is 234 Å². The summed E-state index contributed by atoms with van der Waals surface area (Å²) >= 11 is 0. The second-order valence-electron chi connectivity index (χ2n) is 11.4. The Bertz CT molecular complexity index is 846. The molecule has 1 aliphatic rings. The molecular formula is C29H43ClO3SiZn-. The summed E-state index contributed by atoms with van der Waals surface area (Å²) in [4.78, 5) is 0. The van der Waals surface area contributed by atoms with E-state index in [2.05, 4.69) is 109 Å². The van der Waals surface area contributed by atoms with Crippen molar-refractivity contribution in [3.05, 3.63) is 67.6 Å². The Morgan fingerprint density at radius 3 is 1.74 bits per heavy atom. The van der Waals surface area contributed by atoms with Gasteiger partial charge in [0, 0.05) is 37.9 Å². The fraction of sp³-hybridized carbons (Fsp3) is 0.552. The van der Waals surface area contributed by atoms with Gasteiger partial charge in [0.15, 0.2) is 5.79 Å². The number of rotatable bonds is 7. The molecular weight excluding hydrogens is 525 g/mol. The Kier molecular flexibility index (Phi) is 11.9. The van der Waals surface area contributed by atoms with Crippen molar-refractivity contribution in [3.63, 3.8) is 0 Å². The van der Waals surface area contributed by atoms with Gasteiger partial charge in [-0.15, -0.1) is 0 Å². The molecule has 1 saturated heterocycles. The zero-order valence-corrected chi connectivity index (χ0v) is 27.6.